The highest BCUT2D eigenvalue weighted by Gasteiger charge is 2.15. The molecule has 2 rings (SSSR count). The molecule has 0 aromatic carbocycles. The SMILES string of the molecule is CS(=O)(=O)c1cccnc1NCC(O)c1ccsc1. The van der Waals surface area contributed by atoms with E-state index in [9.17, 15) is 13.5 Å². The van der Waals surface area contributed by atoms with Gasteiger partial charge in [-0.25, -0.2) is 13.4 Å². The largest absolute Gasteiger partial charge is 0.387 e. The van der Waals surface area contributed by atoms with E-state index in [0.29, 0.717) is 0 Å². The molecule has 0 fully saturated rings. The van der Waals surface area contributed by atoms with Crippen LogP contribution in [0, 0.1) is 0 Å². The van der Waals surface area contributed by atoms with Gasteiger partial charge >= 0.3 is 0 Å². The minimum absolute atomic E-state index is 0.132. The fourth-order valence-electron chi connectivity index (χ4n) is 1.60. The zero-order chi connectivity index (χ0) is 13.9. The van der Waals surface area contributed by atoms with Crippen LogP contribution < -0.4 is 5.32 Å². The van der Waals surface area contributed by atoms with Gasteiger partial charge in [-0.3, -0.25) is 0 Å². The molecule has 7 heteroatoms. The zero-order valence-electron chi connectivity index (χ0n) is 10.3. The lowest BCUT2D eigenvalue weighted by atomic mass is 10.2. The van der Waals surface area contributed by atoms with Crippen LogP contribution in [0.2, 0.25) is 0 Å². The molecule has 0 spiro atoms. The highest BCUT2D eigenvalue weighted by atomic mass is 32.2. The Morgan fingerprint density at radius 3 is 2.89 bits per heavy atom. The van der Waals surface area contributed by atoms with Crippen LogP contribution in [-0.4, -0.2) is 31.3 Å². The Hall–Kier alpha value is -1.44. The molecule has 0 saturated carbocycles. The van der Waals surface area contributed by atoms with E-state index in [2.05, 4.69) is 10.3 Å². The van der Waals surface area contributed by atoms with Crippen LogP contribution in [0.15, 0.2) is 40.1 Å². The van der Waals surface area contributed by atoms with Crippen LogP contribution in [0.25, 0.3) is 0 Å². The van der Waals surface area contributed by atoms with Crippen LogP contribution in [0.5, 0.6) is 0 Å². The summed E-state index contributed by atoms with van der Waals surface area (Å²) in [6, 6.07) is 4.88. The lowest BCUT2D eigenvalue weighted by molar-refractivity contribution is 0.192. The molecule has 5 nitrogen and oxygen atoms in total. The number of sulfone groups is 1. The Kier molecular flexibility index (Phi) is 4.18. The molecule has 1 atom stereocenters. The summed E-state index contributed by atoms with van der Waals surface area (Å²) in [6.45, 7) is 0.205. The third kappa shape index (κ3) is 3.52. The number of nitrogens with zero attached hydrogens (tertiary/aromatic N) is 1. The van der Waals surface area contributed by atoms with Crippen molar-refractivity contribution in [3.8, 4) is 0 Å². The summed E-state index contributed by atoms with van der Waals surface area (Å²) in [5.41, 5.74) is 0.800. The van der Waals surface area contributed by atoms with Gasteiger partial charge in [0.05, 0.1) is 6.10 Å². The number of aromatic nitrogens is 1. The van der Waals surface area contributed by atoms with E-state index in [1.165, 1.54) is 23.6 Å². The molecule has 1 unspecified atom stereocenters. The van der Waals surface area contributed by atoms with Crippen LogP contribution in [-0.2, 0) is 9.84 Å². The highest BCUT2D eigenvalue weighted by Crippen LogP contribution is 2.20. The van der Waals surface area contributed by atoms with E-state index in [-0.39, 0.29) is 17.3 Å². The van der Waals surface area contributed by atoms with Crippen LogP contribution in [0.3, 0.4) is 0 Å². The fourth-order valence-corrected chi connectivity index (χ4v) is 3.11. The van der Waals surface area contributed by atoms with Gasteiger partial charge in [0.25, 0.3) is 0 Å². The van der Waals surface area contributed by atoms with Gasteiger partial charge in [-0.2, -0.15) is 11.3 Å². The first kappa shape index (κ1) is 14.0. The van der Waals surface area contributed by atoms with Crippen molar-refractivity contribution >= 4 is 27.0 Å². The summed E-state index contributed by atoms with van der Waals surface area (Å²) in [6.07, 6.45) is 1.94. The number of hydrogen-bond acceptors (Lipinski definition) is 6. The van der Waals surface area contributed by atoms with Gasteiger partial charge in [0.1, 0.15) is 10.7 Å². The van der Waals surface area contributed by atoms with Crippen molar-refractivity contribution in [2.45, 2.75) is 11.0 Å². The van der Waals surface area contributed by atoms with Crippen molar-refractivity contribution in [1.29, 1.82) is 0 Å². The summed E-state index contributed by atoms with van der Waals surface area (Å²) in [5, 5.41) is 16.5. The number of thiophene rings is 1. The van der Waals surface area contributed by atoms with Gasteiger partial charge < -0.3 is 10.4 Å². The number of rotatable bonds is 5. The van der Waals surface area contributed by atoms with E-state index >= 15 is 0 Å². The van der Waals surface area contributed by atoms with Crippen molar-refractivity contribution in [2.75, 3.05) is 18.1 Å². The zero-order valence-corrected chi connectivity index (χ0v) is 11.9. The second kappa shape index (κ2) is 5.68. The standard InChI is InChI=1S/C12H14N2O3S2/c1-19(16,17)11-3-2-5-13-12(11)14-7-10(15)9-4-6-18-8-9/h2-6,8,10,15H,7H2,1H3,(H,13,14). The van der Waals surface area contributed by atoms with Crippen LogP contribution in [0.1, 0.15) is 11.7 Å². The van der Waals surface area contributed by atoms with Gasteiger partial charge in [-0.1, -0.05) is 0 Å². The Balaban J connectivity index is 2.12. The van der Waals surface area contributed by atoms with Crippen molar-refractivity contribution in [1.82, 2.24) is 4.98 Å². The van der Waals surface area contributed by atoms with E-state index in [0.717, 1.165) is 11.8 Å². The van der Waals surface area contributed by atoms with E-state index < -0.39 is 15.9 Å². The van der Waals surface area contributed by atoms with Gasteiger partial charge in [-0.05, 0) is 34.5 Å². The molecular weight excluding hydrogens is 284 g/mol. The number of aliphatic hydroxyl groups is 1. The molecule has 0 radical (unpaired) electrons. The molecule has 0 amide bonds. The molecule has 2 N–H and O–H groups in total. The van der Waals surface area contributed by atoms with Crippen molar-refractivity contribution in [3.63, 3.8) is 0 Å². The van der Waals surface area contributed by atoms with Gasteiger partial charge in [0.2, 0.25) is 0 Å². The summed E-state index contributed by atoms with van der Waals surface area (Å²) in [4.78, 5) is 4.13. The average Bonchev–Trinajstić information content (AvgIpc) is 2.89. The average molecular weight is 298 g/mol. The second-order valence-corrected chi connectivity index (χ2v) is 6.84. The molecule has 19 heavy (non-hydrogen) atoms. The van der Waals surface area contributed by atoms with Gasteiger partial charge in [0.15, 0.2) is 9.84 Å². The third-order valence-corrected chi connectivity index (χ3v) is 4.39. The predicted octanol–water partition coefficient (Wildman–Crippen LogP) is 1.69. The summed E-state index contributed by atoms with van der Waals surface area (Å²) >= 11 is 1.50. The molecular formula is C12H14N2O3S2. The van der Waals surface area contributed by atoms with E-state index in [1.807, 2.05) is 16.8 Å². The quantitative estimate of drug-likeness (QED) is 0.878. The van der Waals surface area contributed by atoms with Crippen LogP contribution in [0.4, 0.5) is 5.82 Å². The Morgan fingerprint density at radius 2 is 2.26 bits per heavy atom. The maximum atomic E-state index is 11.6. The Bertz CT molecular complexity index is 639. The number of nitrogens with one attached hydrogen (secondary N) is 1. The third-order valence-electron chi connectivity index (χ3n) is 2.56. The monoisotopic (exact) mass is 298 g/mol. The van der Waals surface area contributed by atoms with Crippen LogP contribution >= 0.6 is 11.3 Å². The van der Waals surface area contributed by atoms with Gasteiger partial charge in [0, 0.05) is 19.0 Å². The molecule has 0 aliphatic rings. The Morgan fingerprint density at radius 1 is 1.47 bits per heavy atom. The normalized spacial score (nSPS) is 13.2. The number of hydrogen-bond donors (Lipinski definition) is 2. The lowest BCUT2D eigenvalue weighted by Crippen LogP contribution is -2.14. The predicted molar refractivity (Wildman–Crippen MR) is 75.1 cm³/mol. The highest BCUT2D eigenvalue weighted by molar-refractivity contribution is 7.90. The molecule has 0 aliphatic heterocycles. The fraction of sp³-hybridized carbons (Fsp3) is 0.250. The molecule has 102 valence electrons. The minimum atomic E-state index is -3.34. The number of aliphatic hydroxyl groups excluding tert-OH is 1. The minimum Gasteiger partial charge on any atom is -0.387 e. The topological polar surface area (TPSA) is 79.3 Å². The van der Waals surface area contributed by atoms with E-state index in [4.69, 9.17) is 0 Å². The number of pyridine rings is 1. The molecule has 2 aromatic heterocycles. The smallest absolute Gasteiger partial charge is 0.179 e. The summed E-state index contributed by atoms with van der Waals surface area (Å²) in [5.74, 6) is 0.263. The molecule has 2 heterocycles. The molecule has 0 saturated heterocycles. The first-order valence-electron chi connectivity index (χ1n) is 5.57. The van der Waals surface area contributed by atoms with Crippen molar-refractivity contribution < 1.29 is 13.5 Å². The number of anilines is 1. The van der Waals surface area contributed by atoms with E-state index in [1.54, 1.807) is 6.07 Å². The maximum absolute atomic E-state index is 11.6. The Labute approximate surface area is 115 Å². The summed E-state index contributed by atoms with van der Waals surface area (Å²) in [7, 11) is -3.34. The van der Waals surface area contributed by atoms with Gasteiger partial charge in [-0.15, -0.1) is 0 Å². The molecule has 2 aromatic rings. The second-order valence-electron chi connectivity index (χ2n) is 4.08. The lowest BCUT2D eigenvalue weighted by Gasteiger charge is -2.13. The summed E-state index contributed by atoms with van der Waals surface area (Å²) < 4.78 is 23.2. The van der Waals surface area contributed by atoms with Crippen molar-refractivity contribution in [2.24, 2.45) is 0 Å². The van der Waals surface area contributed by atoms with Crippen molar-refractivity contribution in [3.05, 3.63) is 40.7 Å². The molecule has 0 bridgehead atoms. The molecule has 0 aliphatic carbocycles. The first-order chi connectivity index (χ1) is 8.98. The first-order valence-corrected chi connectivity index (χ1v) is 8.41. The maximum Gasteiger partial charge on any atom is 0.179 e.